The Labute approximate surface area is 202 Å². The molecule has 1 aliphatic rings. The number of aliphatic imine (C=N–C) groups is 1. The predicted molar refractivity (Wildman–Crippen MR) is 134 cm³/mol. The van der Waals surface area contributed by atoms with Gasteiger partial charge in [0.2, 0.25) is 5.89 Å². The lowest BCUT2D eigenvalue weighted by Gasteiger charge is -2.26. The molecule has 1 aromatic carbocycles. The zero-order chi connectivity index (χ0) is 21.6. The number of amides is 1. The number of rotatable bonds is 5. The largest absolute Gasteiger partial charge is 0.443 e. The third-order valence-corrected chi connectivity index (χ3v) is 5.23. The summed E-state index contributed by atoms with van der Waals surface area (Å²) in [6.07, 6.45) is 5.20. The van der Waals surface area contributed by atoms with Crippen LogP contribution in [0.15, 0.2) is 39.9 Å². The van der Waals surface area contributed by atoms with E-state index in [1.54, 1.807) is 13.2 Å². The molecule has 0 unspecified atom stereocenters. The summed E-state index contributed by atoms with van der Waals surface area (Å²) in [6, 6.07) is 7.79. The normalized spacial score (nSPS) is 14.7. The molecule has 0 atom stereocenters. The van der Waals surface area contributed by atoms with Crippen LogP contribution in [0.1, 0.15) is 67.6 Å². The van der Waals surface area contributed by atoms with Gasteiger partial charge < -0.3 is 20.0 Å². The maximum Gasteiger partial charge on any atom is 0.253 e. The lowest BCUT2D eigenvalue weighted by atomic mass is 9.94. The molecule has 31 heavy (non-hydrogen) atoms. The number of nitrogens with zero attached hydrogens (tertiary/aromatic N) is 3. The van der Waals surface area contributed by atoms with Crippen LogP contribution < -0.4 is 10.6 Å². The number of guanidine groups is 1. The number of aromatic nitrogens is 1. The highest BCUT2D eigenvalue weighted by Crippen LogP contribution is 2.22. The van der Waals surface area contributed by atoms with Crippen LogP contribution in [0.25, 0.3) is 0 Å². The Bertz CT molecular complexity index is 865. The van der Waals surface area contributed by atoms with E-state index in [2.05, 4.69) is 41.4 Å². The third-order valence-electron chi connectivity index (χ3n) is 5.23. The molecule has 2 heterocycles. The van der Waals surface area contributed by atoms with E-state index < -0.39 is 0 Å². The second-order valence-corrected chi connectivity index (χ2v) is 8.70. The molecule has 7 nitrogen and oxygen atoms in total. The molecular weight excluding hydrogens is 505 g/mol. The van der Waals surface area contributed by atoms with Gasteiger partial charge in [0.25, 0.3) is 5.91 Å². The summed E-state index contributed by atoms with van der Waals surface area (Å²) < 4.78 is 5.80. The van der Waals surface area contributed by atoms with Gasteiger partial charge >= 0.3 is 0 Å². The highest BCUT2D eigenvalue weighted by atomic mass is 127. The van der Waals surface area contributed by atoms with Crippen molar-refractivity contribution in [2.45, 2.75) is 58.5 Å². The SMILES string of the molecule is CN=C(NCc1ccc(C(=O)N2CCCCC2)cc1)NCc1ncc(C(C)(C)C)o1.I. The minimum absolute atomic E-state index is 0. The van der Waals surface area contributed by atoms with Crippen LogP contribution in [0.5, 0.6) is 0 Å². The zero-order valence-corrected chi connectivity index (χ0v) is 21.2. The lowest BCUT2D eigenvalue weighted by molar-refractivity contribution is 0.0724. The van der Waals surface area contributed by atoms with E-state index in [-0.39, 0.29) is 35.3 Å². The molecule has 1 aliphatic heterocycles. The van der Waals surface area contributed by atoms with Crippen LogP contribution in [-0.2, 0) is 18.5 Å². The number of benzene rings is 1. The molecule has 0 spiro atoms. The van der Waals surface area contributed by atoms with Gasteiger partial charge in [-0.05, 0) is 37.0 Å². The van der Waals surface area contributed by atoms with E-state index in [9.17, 15) is 4.79 Å². The highest BCUT2D eigenvalue weighted by molar-refractivity contribution is 14.0. The molecule has 2 aromatic rings. The van der Waals surface area contributed by atoms with Gasteiger partial charge in [-0.15, -0.1) is 24.0 Å². The maximum atomic E-state index is 12.6. The number of hydrogen-bond donors (Lipinski definition) is 2. The number of halogens is 1. The van der Waals surface area contributed by atoms with Crippen molar-refractivity contribution in [3.8, 4) is 0 Å². The Morgan fingerprint density at radius 2 is 1.74 bits per heavy atom. The minimum atomic E-state index is -0.0628. The van der Waals surface area contributed by atoms with Crippen molar-refractivity contribution in [2.75, 3.05) is 20.1 Å². The average molecular weight is 539 g/mol. The van der Waals surface area contributed by atoms with Crippen LogP contribution in [0.2, 0.25) is 0 Å². The Balaban J connectivity index is 0.00000341. The van der Waals surface area contributed by atoms with Gasteiger partial charge in [0.05, 0.1) is 12.7 Å². The molecule has 3 rings (SSSR count). The van der Waals surface area contributed by atoms with Gasteiger partial charge in [-0.3, -0.25) is 9.79 Å². The Morgan fingerprint density at radius 3 is 2.32 bits per heavy atom. The summed E-state index contributed by atoms with van der Waals surface area (Å²) >= 11 is 0. The first-order valence-corrected chi connectivity index (χ1v) is 10.6. The second-order valence-electron chi connectivity index (χ2n) is 8.70. The molecule has 170 valence electrons. The van der Waals surface area contributed by atoms with Crippen molar-refractivity contribution >= 4 is 35.8 Å². The van der Waals surface area contributed by atoms with Crippen molar-refractivity contribution in [1.29, 1.82) is 0 Å². The van der Waals surface area contributed by atoms with Crippen LogP contribution >= 0.6 is 24.0 Å². The second kappa shape index (κ2) is 11.5. The molecule has 8 heteroatoms. The number of oxazole rings is 1. The van der Waals surface area contributed by atoms with Crippen LogP contribution in [-0.4, -0.2) is 41.9 Å². The van der Waals surface area contributed by atoms with E-state index in [0.29, 0.717) is 24.9 Å². The molecule has 0 bridgehead atoms. The number of hydrogen-bond acceptors (Lipinski definition) is 4. The number of likely N-dealkylation sites (tertiary alicyclic amines) is 1. The van der Waals surface area contributed by atoms with Gasteiger partial charge in [0, 0.05) is 37.7 Å². The molecule has 0 aliphatic carbocycles. The summed E-state index contributed by atoms with van der Waals surface area (Å²) in [5, 5.41) is 6.49. The molecule has 0 radical (unpaired) electrons. The molecule has 2 N–H and O–H groups in total. The maximum absolute atomic E-state index is 12.6. The fraction of sp³-hybridized carbons (Fsp3) is 0.522. The first-order valence-electron chi connectivity index (χ1n) is 10.6. The number of nitrogens with one attached hydrogen (secondary N) is 2. The Hall–Kier alpha value is -2.10. The van der Waals surface area contributed by atoms with Gasteiger partial charge in [0.1, 0.15) is 5.76 Å². The highest BCUT2D eigenvalue weighted by Gasteiger charge is 2.19. The zero-order valence-electron chi connectivity index (χ0n) is 18.9. The first kappa shape index (κ1) is 25.2. The van der Waals surface area contributed by atoms with E-state index in [0.717, 1.165) is 42.8 Å². The number of piperidine rings is 1. The van der Waals surface area contributed by atoms with Gasteiger partial charge in [0.15, 0.2) is 5.96 Å². The summed E-state index contributed by atoms with van der Waals surface area (Å²) in [4.78, 5) is 23.1. The number of carbonyl (C=O) groups excluding carboxylic acids is 1. The van der Waals surface area contributed by atoms with E-state index in [1.807, 2.05) is 29.2 Å². The smallest absolute Gasteiger partial charge is 0.253 e. The van der Waals surface area contributed by atoms with Gasteiger partial charge in [-0.1, -0.05) is 32.9 Å². The van der Waals surface area contributed by atoms with Crippen molar-refractivity contribution in [2.24, 2.45) is 4.99 Å². The van der Waals surface area contributed by atoms with Crippen molar-refractivity contribution in [3.63, 3.8) is 0 Å². The molecule has 1 fully saturated rings. The average Bonchev–Trinajstić information content (AvgIpc) is 3.24. The molecular formula is C23H34IN5O2. The van der Waals surface area contributed by atoms with E-state index >= 15 is 0 Å². The molecule has 1 saturated heterocycles. The minimum Gasteiger partial charge on any atom is -0.443 e. The van der Waals surface area contributed by atoms with Crippen LogP contribution in [0, 0.1) is 0 Å². The quantitative estimate of drug-likeness (QED) is 0.340. The Kier molecular flexibility index (Phi) is 9.33. The van der Waals surface area contributed by atoms with Crippen molar-refractivity contribution in [1.82, 2.24) is 20.5 Å². The first-order chi connectivity index (χ1) is 14.4. The summed E-state index contributed by atoms with van der Waals surface area (Å²) in [7, 11) is 1.73. The van der Waals surface area contributed by atoms with Gasteiger partial charge in [-0.25, -0.2) is 4.98 Å². The van der Waals surface area contributed by atoms with Crippen molar-refractivity contribution in [3.05, 3.63) is 53.2 Å². The van der Waals surface area contributed by atoms with Crippen molar-refractivity contribution < 1.29 is 9.21 Å². The van der Waals surface area contributed by atoms with Crippen LogP contribution in [0.4, 0.5) is 0 Å². The van der Waals surface area contributed by atoms with Crippen LogP contribution in [0.3, 0.4) is 0 Å². The number of carbonyl (C=O) groups is 1. The standard InChI is InChI=1S/C23H33N5O2.HI/c1-23(2,3)19-15-25-20(30-19)16-27-22(24-4)26-14-17-8-10-18(11-9-17)21(29)28-12-6-5-7-13-28;/h8-11,15H,5-7,12-14,16H2,1-4H3,(H2,24,26,27);1H. The summed E-state index contributed by atoms with van der Waals surface area (Å²) in [5.74, 6) is 2.29. The molecule has 1 amide bonds. The third kappa shape index (κ3) is 7.22. The fourth-order valence-electron chi connectivity index (χ4n) is 3.35. The topological polar surface area (TPSA) is 82.8 Å². The summed E-state index contributed by atoms with van der Waals surface area (Å²) in [6.45, 7) is 9.08. The monoisotopic (exact) mass is 539 g/mol. The van der Waals surface area contributed by atoms with Gasteiger partial charge in [-0.2, -0.15) is 0 Å². The van der Waals surface area contributed by atoms with E-state index in [4.69, 9.17) is 4.42 Å². The molecule has 0 saturated carbocycles. The predicted octanol–water partition coefficient (Wildman–Crippen LogP) is 4.08. The molecule has 1 aromatic heterocycles. The van der Waals surface area contributed by atoms with E-state index in [1.165, 1.54) is 6.42 Å². The lowest BCUT2D eigenvalue weighted by Crippen LogP contribution is -2.36. The fourth-order valence-corrected chi connectivity index (χ4v) is 3.35. The summed E-state index contributed by atoms with van der Waals surface area (Å²) in [5.41, 5.74) is 1.77. The Morgan fingerprint density at radius 1 is 1.10 bits per heavy atom.